The summed E-state index contributed by atoms with van der Waals surface area (Å²) < 4.78 is 0. The highest BCUT2D eigenvalue weighted by molar-refractivity contribution is 5.28. The fourth-order valence-electron chi connectivity index (χ4n) is 2.46. The maximum absolute atomic E-state index is 9.59. The molecule has 60 valence electrons. The van der Waals surface area contributed by atoms with Gasteiger partial charge in [0.1, 0.15) is 0 Å². The molecule has 0 heterocycles. The van der Waals surface area contributed by atoms with Crippen molar-refractivity contribution in [1.82, 2.24) is 0 Å². The van der Waals surface area contributed by atoms with Crippen LogP contribution in [-0.4, -0.2) is 11.2 Å². The highest BCUT2D eigenvalue weighted by atomic mass is 16.3. The third-order valence-corrected chi connectivity index (χ3v) is 3.15. The van der Waals surface area contributed by atoms with Gasteiger partial charge in [0.05, 0.1) is 6.10 Å². The lowest BCUT2D eigenvalue weighted by molar-refractivity contribution is 0.143. The number of hydrogen-bond acceptors (Lipinski definition) is 1. The molecule has 1 nitrogen and oxygen atoms in total. The van der Waals surface area contributed by atoms with Crippen LogP contribution in [0.1, 0.15) is 19.8 Å². The van der Waals surface area contributed by atoms with Gasteiger partial charge >= 0.3 is 0 Å². The van der Waals surface area contributed by atoms with Crippen LogP contribution < -0.4 is 0 Å². The lowest BCUT2D eigenvalue weighted by Gasteiger charge is -2.24. The summed E-state index contributed by atoms with van der Waals surface area (Å²) in [5.74, 6) is 0.308. The minimum absolute atomic E-state index is 0.219. The van der Waals surface area contributed by atoms with Gasteiger partial charge in [0.25, 0.3) is 0 Å². The van der Waals surface area contributed by atoms with Crippen LogP contribution in [0.3, 0.4) is 0 Å². The molecule has 0 aromatic carbocycles. The van der Waals surface area contributed by atoms with E-state index in [0.29, 0.717) is 5.92 Å². The van der Waals surface area contributed by atoms with E-state index in [2.05, 4.69) is 19.6 Å². The summed E-state index contributed by atoms with van der Waals surface area (Å²) in [5, 5.41) is 9.59. The van der Waals surface area contributed by atoms with E-state index >= 15 is 0 Å². The van der Waals surface area contributed by atoms with Gasteiger partial charge in [0.2, 0.25) is 0 Å². The minimum atomic E-state index is -0.269. The summed E-state index contributed by atoms with van der Waals surface area (Å²) in [6.45, 7) is 6.20. The number of hydrogen-bond donors (Lipinski definition) is 1. The second-order valence-electron chi connectivity index (χ2n) is 3.99. The Balaban J connectivity index is 2.36. The van der Waals surface area contributed by atoms with Crippen molar-refractivity contribution in [2.75, 3.05) is 0 Å². The molecule has 2 aliphatic carbocycles. The second kappa shape index (κ2) is 1.98. The van der Waals surface area contributed by atoms with Crippen molar-refractivity contribution < 1.29 is 5.11 Å². The van der Waals surface area contributed by atoms with Crippen LogP contribution in [0.25, 0.3) is 0 Å². The predicted molar refractivity (Wildman–Crippen MR) is 45.1 cm³/mol. The largest absolute Gasteiger partial charge is 0.388 e. The number of allylic oxidation sites excluding steroid dienone is 1. The summed E-state index contributed by atoms with van der Waals surface area (Å²) in [6.07, 6.45) is 6.04. The molecule has 2 aliphatic rings. The van der Waals surface area contributed by atoms with E-state index in [1.807, 2.05) is 6.08 Å². The molecule has 0 bridgehead atoms. The first-order valence-corrected chi connectivity index (χ1v) is 4.18. The SMILES string of the molecule is C=C1CC[C@@]2(C)C=C[C@H](O)[C@@H]12. The molecule has 0 radical (unpaired) electrons. The van der Waals surface area contributed by atoms with Crippen LogP contribution in [0.5, 0.6) is 0 Å². The van der Waals surface area contributed by atoms with E-state index in [1.54, 1.807) is 0 Å². The van der Waals surface area contributed by atoms with Crippen molar-refractivity contribution >= 4 is 0 Å². The van der Waals surface area contributed by atoms with Crippen LogP contribution >= 0.6 is 0 Å². The Morgan fingerprint density at radius 3 is 3.09 bits per heavy atom. The normalized spacial score (nSPS) is 48.4. The van der Waals surface area contributed by atoms with Crippen molar-refractivity contribution in [3.8, 4) is 0 Å². The van der Waals surface area contributed by atoms with Gasteiger partial charge in [0.15, 0.2) is 0 Å². The molecule has 11 heavy (non-hydrogen) atoms. The van der Waals surface area contributed by atoms with Gasteiger partial charge in [-0.1, -0.05) is 31.2 Å². The van der Waals surface area contributed by atoms with Crippen LogP contribution in [0.4, 0.5) is 0 Å². The molecular weight excluding hydrogens is 136 g/mol. The molecule has 0 amide bonds. The third kappa shape index (κ3) is 0.807. The molecule has 1 fully saturated rings. The highest BCUT2D eigenvalue weighted by Crippen LogP contribution is 2.52. The molecule has 1 saturated carbocycles. The van der Waals surface area contributed by atoms with Crippen molar-refractivity contribution in [2.45, 2.75) is 25.9 Å². The Bertz CT molecular complexity index is 229. The Morgan fingerprint density at radius 2 is 2.45 bits per heavy atom. The van der Waals surface area contributed by atoms with Crippen molar-refractivity contribution in [3.63, 3.8) is 0 Å². The minimum Gasteiger partial charge on any atom is -0.388 e. The lowest BCUT2D eigenvalue weighted by atomic mass is 9.81. The molecule has 0 aromatic rings. The molecule has 0 unspecified atom stereocenters. The number of aliphatic hydroxyl groups excluding tert-OH is 1. The van der Waals surface area contributed by atoms with Gasteiger partial charge in [-0.25, -0.2) is 0 Å². The van der Waals surface area contributed by atoms with Gasteiger partial charge in [-0.05, 0) is 18.3 Å². The summed E-state index contributed by atoms with van der Waals surface area (Å²) in [6, 6.07) is 0. The number of fused-ring (bicyclic) bond motifs is 1. The molecule has 3 atom stereocenters. The zero-order chi connectivity index (χ0) is 8.06. The van der Waals surface area contributed by atoms with Gasteiger partial charge in [0, 0.05) is 5.92 Å². The van der Waals surface area contributed by atoms with Crippen LogP contribution in [0.15, 0.2) is 24.3 Å². The standard InChI is InChI=1S/C10H14O/c1-7-3-5-10(2)6-4-8(11)9(7)10/h4,6,8-9,11H,1,3,5H2,2H3/t8-,9+,10-/m0/s1. The first-order valence-electron chi connectivity index (χ1n) is 4.18. The van der Waals surface area contributed by atoms with E-state index in [-0.39, 0.29) is 11.5 Å². The van der Waals surface area contributed by atoms with Crippen molar-refractivity contribution in [3.05, 3.63) is 24.3 Å². The van der Waals surface area contributed by atoms with Crippen LogP contribution in [0, 0.1) is 11.3 Å². The summed E-state index contributed by atoms with van der Waals surface area (Å²) >= 11 is 0. The monoisotopic (exact) mass is 150 g/mol. The van der Waals surface area contributed by atoms with E-state index in [4.69, 9.17) is 0 Å². The fourth-order valence-corrected chi connectivity index (χ4v) is 2.46. The van der Waals surface area contributed by atoms with Gasteiger partial charge < -0.3 is 5.11 Å². The highest BCUT2D eigenvalue weighted by Gasteiger charge is 2.45. The molecule has 0 aromatic heterocycles. The topological polar surface area (TPSA) is 20.2 Å². The molecular formula is C10H14O. The molecule has 0 spiro atoms. The van der Waals surface area contributed by atoms with Crippen LogP contribution in [-0.2, 0) is 0 Å². The van der Waals surface area contributed by atoms with Crippen LogP contribution in [0.2, 0.25) is 0 Å². The Labute approximate surface area is 67.4 Å². The average Bonchev–Trinajstić information content (AvgIpc) is 2.38. The van der Waals surface area contributed by atoms with Crippen molar-refractivity contribution in [1.29, 1.82) is 0 Å². The first-order chi connectivity index (χ1) is 5.13. The smallest absolute Gasteiger partial charge is 0.0794 e. The summed E-state index contributed by atoms with van der Waals surface area (Å²) in [5.41, 5.74) is 1.45. The second-order valence-corrected chi connectivity index (χ2v) is 3.99. The lowest BCUT2D eigenvalue weighted by Crippen LogP contribution is -2.23. The average molecular weight is 150 g/mol. The number of rotatable bonds is 0. The maximum Gasteiger partial charge on any atom is 0.0794 e. The third-order valence-electron chi connectivity index (χ3n) is 3.15. The van der Waals surface area contributed by atoms with E-state index in [1.165, 1.54) is 5.57 Å². The van der Waals surface area contributed by atoms with Gasteiger partial charge in [-0.3, -0.25) is 0 Å². The quantitative estimate of drug-likeness (QED) is 0.523. The summed E-state index contributed by atoms with van der Waals surface area (Å²) in [4.78, 5) is 0. The molecule has 1 N–H and O–H groups in total. The molecule has 0 aliphatic heterocycles. The zero-order valence-electron chi connectivity index (χ0n) is 6.88. The molecule has 2 rings (SSSR count). The molecule has 1 heteroatoms. The maximum atomic E-state index is 9.59. The van der Waals surface area contributed by atoms with E-state index in [0.717, 1.165) is 12.8 Å². The zero-order valence-corrected chi connectivity index (χ0v) is 6.88. The van der Waals surface area contributed by atoms with Crippen molar-refractivity contribution in [2.24, 2.45) is 11.3 Å². The molecule has 0 saturated heterocycles. The van der Waals surface area contributed by atoms with Gasteiger partial charge in [-0.15, -0.1) is 0 Å². The van der Waals surface area contributed by atoms with E-state index < -0.39 is 0 Å². The Morgan fingerprint density at radius 1 is 1.73 bits per heavy atom. The summed E-state index contributed by atoms with van der Waals surface area (Å²) in [7, 11) is 0. The number of aliphatic hydroxyl groups is 1. The Kier molecular flexibility index (Phi) is 1.28. The fraction of sp³-hybridized carbons (Fsp3) is 0.600. The first kappa shape index (κ1) is 7.11. The van der Waals surface area contributed by atoms with E-state index in [9.17, 15) is 5.11 Å². The predicted octanol–water partition coefficient (Wildman–Crippen LogP) is 1.89. The Hall–Kier alpha value is -0.560. The van der Waals surface area contributed by atoms with Gasteiger partial charge in [-0.2, -0.15) is 0 Å².